The van der Waals surface area contributed by atoms with E-state index in [1.54, 1.807) is 0 Å². The predicted octanol–water partition coefficient (Wildman–Crippen LogP) is 4.34. The van der Waals surface area contributed by atoms with E-state index in [0.29, 0.717) is 0 Å². The van der Waals surface area contributed by atoms with Gasteiger partial charge in [-0.2, -0.15) is 0 Å². The van der Waals surface area contributed by atoms with Crippen LogP contribution in [0.15, 0.2) is 22.7 Å². The summed E-state index contributed by atoms with van der Waals surface area (Å²) in [4.78, 5) is 0. The molecule has 0 N–H and O–H groups in total. The number of hydrogen-bond donors (Lipinski definition) is 0. The Morgan fingerprint density at radius 1 is 1.29 bits per heavy atom. The minimum atomic E-state index is -3.13. The molecule has 0 nitrogen and oxygen atoms in total. The summed E-state index contributed by atoms with van der Waals surface area (Å²) < 4.78 is 40.3. The summed E-state index contributed by atoms with van der Waals surface area (Å²) in [6.45, 7) is 2.72. The van der Waals surface area contributed by atoms with Crippen molar-refractivity contribution in [1.29, 1.82) is 0 Å². The largest absolute Gasteiger partial charge is 0.278 e. The minimum absolute atomic E-state index is 0.0651. The molecule has 0 radical (unpaired) electrons. The molecule has 0 aromatic heterocycles. The van der Waals surface area contributed by atoms with Crippen molar-refractivity contribution >= 4 is 15.9 Å². The molecule has 0 saturated carbocycles. The molecule has 0 atom stereocenters. The van der Waals surface area contributed by atoms with E-state index in [0.717, 1.165) is 6.07 Å². The molecule has 0 bridgehead atoms. The number of alkyl halides is 2. The van der Waals surface area contributed by atoms with Gasteiger partial charge < -0.3 is 0 Å². The second-order valence-electron chi connectivity index (χ2n) is 3.38. The summed E-state index contributed by atoms with van der Waals surface area (Å²) in [5.74, 6) is -4.94. The van der Waals surface area contributed by atoms with E-state index >= 15 is 0 Å². The summed E-state index contributed by atoms with van der Waals surface area (Å²) >= 11 is 2.88. The lowest BCUT2D eigenvalue weighted by atomic mass is 9.97. The van der Waals surface area contributed by atoms with Crippen molar-refractivity contribution in [2.45, 2.75) is 19.8 Å². The van der Waals surface area contributed by atoms with Crippen LogP contribution in [0.25, 0.3) is 0 Å². The van der Waals surface area contributed by atoms with Gasteiger partial charge in [-0.1, -0.05) is 19.9 Å². The predicted molar refractivity (Wildman–Crippen MR) is 52.8 cm³/mol. The summed E-state index contributed by atoms with van der Waals surface area (Å²) in [6, 6.07) is 3.91. The summed E-state index contributed by atoms with van der Waals surface area (Å²) in [6.07, 6.45) is 0. The van der Waals surface area contributed by atoms with Crippen LogP contribution in [-0.4, -0.2) is 0 Å². The van der Waals surface area contributed by atoms with E-state index in [1.165, 1.54) is 26.0 Å². The molecule has 0 aliphatic heterocycles. The monoisotopic (exact) mass is 266 g/mol. The molecule has 1 aromatic rings. The molecular formula is C10H10BrF3. The van der Waals surface area contributed by atoms with Gasteiger partial charge in [0.25, 0.3) is 5.92 Å². The van der Waals surface area contributed by atoms with E-state index in [1.807, 2.05) is 0 Å². The van der Waals surface area contributed by atoms with Crippen molar-refractivity contribution in [1.82, 2.24) is 0 Å². The highest BCUT2D eigenvalue weighted by molar-refractivity contribution is 9.10. The van der Waals surface area contributed by atoms with Gasteiger partial charge in [-0.3, -0.25) is 0 Å². The van der Waals surface area contributed by atoms with Crippen LogP contribution >= 0.6 is 15.9 Å². The molecule has 0 unspecified atom stereocenters. The van der Waals surface area contributed by atoms with Crippen molar-refractivity contribution < 1.29 is 13.2 Å². The zero-order valence-corrected chi connectivity index (χ0v) is 9.41. The fourth-order valence-corrected chi connectivity index (χ4v) is 1.44. The highest BCUT2D eigenvalue weighted by atomic mass is 79.9. The van der Waals surface area contributed by atoms with E-state index in [4.69, 9.17) is 0 Å². The molecule has 14 heavy (non-hydrogen) atoms. The first-order valence-electron chi connectivity index (χ1n) is 4.19. The first-order valence-corrected chi connectivity index (χ1v) is 4.99. The highest BCUT2D eigenvalue weighted by Gasteiger charge is 2.38. The second kappa shape index (κ2) is 3.93. The number of halogens is 4. The Bertz CT molecular complexity index is 334. The third-order valence-electron chi connectivity index (χ3n) is 2.04. The standard InChI is InChI=1S/C10H10BrF3/c1-6(2)10(13,14)7-4-3-5-8(11)9(7)12/h3-6H,1-2H3. The maximum absolute atomic E-state index is 13.5. The maximum atomic E-state index is 13.5. The Morgan fingerprint density at radius 2 is 1.86 bits per heavy atom. The van der Waals surface area contributed by atoms with Gasteiger partial charge in [0.1, 0.15) is 5.82 Å². The third-order valence-corrected chi connectivity index (χ3v) is 2.65. The fraction of sp³-hybridized carbons (Fsp3) is 0.400. The Hall–Kier alpha value is -0.510. The first kappa shape index (κ1) is 11.6. The van der Waals surface area contributed by atoms with Gasteiger partial charge in [0.2, 0.25) is 0 Å². The number of hydrogen-bond acceptors (Lipinski definition) is 0. The molecule has 0 heterocycles. The fourth-order valence-electron chi connectivity index (χ4n) is 1.07. The molecule has 4 heteroatoms. The van der Waals surface area contributed by atoms with Crippen LogP contribution in [0.5, 0.6) is 0 Å². The van der Waals surface area contributed by atoms with Gasteiger partial charge in [-0.15, -0.1) is 0 Å². The van der Waals surface area contributed by atoms with Gasteiger partial charge in [-0.25, -0.2) is 13.2 Å². The average molecular weight is 267 g/mol. The lowest BCUT2D eigenvalue weighted by Gasteiger charge is -2.21. The smallest absolute Gasteiger partial charge is 0.205 e. The van der Waals surface area contributed by atoms with Gasteiger partial charge in [0, 0.05) is 5.92 Å². The lowest BCUT2D eigenvalue weighted by Crippen LogP contribution is -2.22. The molecule has 1 aromatic carbocycles. The minimum Gasteiger partial charge on any atom is -0.205 e. The van der Waals surface area contributed by atoms with Crippen LogP contribution in [0, 0.1) is 11.7 Å². The molecular weight excluding hydrogens is 257 g/mol. The Labute approximate surface area is 89.3 Å². The SMILES string of the molecule is CC(C)C(F)(F)c1cccc(Br)c1F. The first-order chi connectivity index (χ1) is 6.37. The number of rotatable bonds is 2. The van der Waals surface area contributed by atoms with Crippen LogP contribution in [0.3, 0.4) is 0 Å². The summed E-state index contributed by atoms with van der Waals surface area (Å²) in [5.41, 5.74) is -0.554. The third kappa shape index (κ3) is 1.95. The normalized spacial score (nSPS) is 12.2. The van der Waals surface area contributed by atoms with Crippen molar-refractivity contribution in [2.75, 3.05) is 0 Å². The Morgan fingerprint density at radius 3 is 2.36 bits per heavy atom. The molecule has 0 saturated heterocycles. The number of benzene rings is 1. The van der Waals surface area contributed by atoms with Gasteiger partial charge >= 0.3 is 0 Å². The van der Waals surface area contributed by atoms with E-state index in [-0.39, 0.29) is 4.47 Å². The van der Waals surface area contributed by atoms with E-state index < -0.39 is 23.2 Å². The maximum Gasteiger partial charge on any atom is 0.278 e. The molecule has 78 valence electrons. The lowest BCUT2D eigenvalue weighted by molar-refractivity contribution is -0.0544. The molecule has 0 fully saturated rings. The summed E-state index contributed by atoms with van der Waals surface area (Å²) in [7, 11) is 0. The van der Waals surface area contributed by atoms with Crippen LogP contribution in [-0.2, 0) is 5.92 Å². The zero-order valence-electron chi connectivity index (χ0n) is 7.82. The quantitative estimate of drug-likeness (QED) is 0.747. The van der Waals surface area contributed by atoms with Gasteiger partial charge in [0.05, 0.1) is 10.0 Å². The average Bonchev–Trinajstić information content (AvgIpc) is 2.09. The highest BCUT2D eigenvalue weighted by Crippen LogP contribution is 2.38. The Balaban J connectivity index is 3.26. The zero-order chi connectivity index (χ0) is 10.9. The van der Waals surface area contributed by atoms with Crippen LogP contribution in [0.4, 0.5) is 13.2 Å². The van der Waals surface area contributed by atoms with Crippen LogP contribution in [0.1, 0.15) is 19.4 Å². The van der Waals surface area contributed by atoms with Crippen molar-refractivity contribution in [3.8, 4) is 0 Å². The van der Waals surface area contributed by atoms with Crippen molar-refractivity contribution in [3.05, 3.63) is 34.1 Å². The van der Waals surface area contributed by atoms with Crippen molar-refractivity contribution in [3.63, 3.8) is 0 Å². The topological polar surface area (TPSA) is 0 Å². The van der Waals surface area contributed by atoms with Crippen molar-refractivity contribution in [2.24, 2.45) is 5.92 Å². The van der Waals surface area contributed by atoms with Crippen LogP contribution in [0.2, 0.25) is 0 Å². The van der Waals surface area contributed by atoms with Crippen LogP contribution < -0.4 is 0 Å². The van der Waals surface area contributed by atoms with Gasteiger partial charge in [0.15, 0.2) is 0 Å². The Kier molecular flexibility index (Phi) is 3.24. The molecule has 0 spiro atoms. The molecule has 0 aliphatic carbocycles. The van der Waals surface area contributed by atoms with Gasteiger partial charge in [-0.05, 0) is 28.1 Å². The molecule has 1 rings (SSSR count). The summed E-state index contributed by atoms with van der Waals surface area (Å²) in [5, 5.41) is 0. The molecule has 0 aliphatic rings. The molecule has 0 amide bonds. The second-order valence-corrected chi connectivity index (χ2v) is 4.23. The van der Waals surface area contributed by atoms with E-state index in [2.05, 4.69) is 15.9 Å². The van der Waals surface area contributed by atoms with E-state index in [9.17, 15) is 13.2 Å².